The summed E-state index contributed by atoms with van der Waals surface area (Å²) in [6.07, 6.45) is 3.87. The van der Waals surface area contributed by atoms with Gasteiger partial charge in [-0.1, -0.05) is 0 Å². The van der Waals surface area contributed by atoms with E-state index in [9.17, 15) is 9.59 Å². The Morgan fingerprint density at radius 2 is 1.92 bits per heavy atom. The second-order valence-corrected chi connectivity index (χ2v) is 5.87. The Balaban J connectivity index is 1.37. The lowest BCUT2D eigenvalue weighted by Gasteiger charge is -2.37. The second kappa shape index (κ2) is 6.34. The Kier molecular flexibility index (Phi) is 4.02. The molecule has 25 heavy (non-hydrogen) atoms. The lowest BCUT2D eigenvalue weighted by Crippen LogP contribution is -2.47. The van der Waals surface area contributed by atoms with Gasteiger partial charge in [-0.25, -0.2) is 0 Å². The average Bonchev–Trinajstić information content (AvgIpc) is 3.37. The fourth-order valence-electron chi connectivity index (χ4n) is 2.99. The SMILES string of the molecule is O=C(Nc1nc(C(=O)N2CCC3(CC2)OCCO3)co1)c1ccco1. The smallest absolute Gasteiger partial charge is 0.302 e. The first-order chi connectivity index (χ1) is 12.2. The van der Waals surface area contributed by atoms with Gasteiger partial charge in [-0.3, -0.25) is 14.9 Å². The summed E-state index contributed by atoms with van der Waals surface area (Å²) in [7, 11) is 0. The van der Waals surface area contributed by atoms with Crippen LogP contribution in [-0.4, -0.2) is 53.8 Å². The summed E-state index contributed by atoms with van der Waals surface area (Å²) in [6.45, 7) is 2.21. The van der Waals surface area contributed by atoms with E-state index < -0.39 is 11.7 Å². The Morgan fingerprint density at radius 1 is 1.16 bits per heavy atom. The van der Waals surface area contributed by atoms with E-state index in [-0.39, 0.29) is 23.4 Å². The van der Waals surface area contributed by atoms with Crippen molar-refractivity contribution in [2.75, 3.05) is 31.6 Å². The molecule has 2 saturated heterocycles. The normalized spacial score (nSPS) is 19.3. The van der Waals surface area contributed by atoms with Gasteiger partial charge < -0.3 is 23.2 Å². The number of hydrogen-bond acceptors (Lipinski definition) is 7. The first-order valence-corrected chi connectivity index (χ1v) is 8.03. The molecular formula is C16H17N3O6. The van der Waals surface area contributed by atoms with E-state index in [2.05, 4.69) is 10.3 Å². The Morgan fingerprint density at radius 3 is 2.60 bits per heavy atom. The fourth-order valence-corrected chi connectivity index (χ4v) is 2.99. The molecule has 2 aliphatic heterocycles. The van der Waals surface area contributed by atoms with Crippen LogP contribution in [0.4, 0.5) is 6.01 Å². The standard InChI is InChI=1S/C16H17N3O6/c20-13(12-2-1-7-22-12)18-15-17-11(10-23-15)14(21)19-5-3-16(4-6-19)24-8-9-25-16/h1-2,7,10H,3-6,8-9H2,(H,17,18,20). The third-order valence-corrected chi connectivity index (χ3v) is 4.31. The molecule has 0 unspecified atom stereocenters. The molecule has 0 aromatic carbocycles. The molecule has 0 bridgehead atoms. The molecule has 0 radical (unpaired) electrons. The number of hydrogen-bond donors (Lipinski definition) is 1. The summed E-state index contributed by atoms with van der Waals surface area (Å²) in [5.41, 5.74) is 0.138. The van der Waals surface area contributed by atoms with E-state index in [4.69, 9.17) is 18.3 Å². The molecular weight excluding hydrogens is 330 g/mol. The maximum atomic E-state index is 12.5. The number of amides is 2. The quantitative estimate of drug-likeness (QED) is 0.896. The van der Waals surface area contributed by atoms with Crippen LogP contribution in [0.3, 0.4) is 0 Å². The largest absolute Gasteiger partial charge is 0.459 e. The molecule has 2 aromatic heterocycles. The number of carbonyl (C=O) groups excluding carboxylic acids is 2. The molecule has 4 heterocycles. The lowest BCUT2D eigenvalue weighted by molar-refractivity contribution is -0.181. The number of likely N-dealkylation sites (tertiary alicyclic amines) is 1. The van der Waals surface area contributed by atoms with Crippen LogP contribution < -0.4 is 5.32 Å². The lowest BCUT2D eigenvalue weighted by atomic mass is 10.0. The summed E-state index contributed by atoms with van der Waals surface area (Å²) in [5, 5.41) is 2.44. The molecule has 0 atom stereocenters. The van der Waals surface area contributed by atoms with E-state index in [0.717, 1.165) is 0 Å². The zero-order chi connectivity index (χ0) is 17.3. The topological polar surface area (TPSA) is 107 Å². The Hall–Kier alpha value is -2.65. The monoisotopic (exact) mass is 347 g/mol. The Labute approximate surface area is 142 Å². The number of oxazole rings is 1. The number of piperidine rings is 1. The number of ether oxygens (including phenoxy) is 2. The molecule has 1 spiro atoms. The highest BCUT2D eigenvalue weighted by molar-refractivity contribution is 6.01. The number of nitrogens with zero attached hydrogens (tertiary/aromatic N) is 2. The summed E-state index contributed by atoms with van der Waals surface area (Å²) in [5.74, 6) is -1.16. The highest BCUT2D eigenvalue weighted by Crippen LogP contribution is 2.31. The van der Waals surface area contributed by atoms with E-state index in [1.165, 1.54) is 18.6 Å². The van der Waals surface area contributed by atoms with Crippen LogP contribution in [0, 0.1) is 0 Å². The molecule has 9 heteroatoms. The number of furan rings is 1. The van der Waals surface area contributed by atoms with Crippen molar-refractivity contribution in [3.05, 3.63) is 36.1 Å². The third-order valence-electron chi connectivity index (χ3n) is 4.31. The Bertz CT molecular complexity index is 753. The molecule has 0 aliphatic carbocycles. The average molecular weight is 347 g/mol. The van der Waals surface area contributed by atoms with Crippen molar-refractivity contribution in [3.8, 4) is 0 Å². The third kappa shape index (κ3) is 3.15. The molecule has 2 fully saturated rings. The molecule has 2 aliphatic rings. The van der Waals surface area contributed by atoms with Crippen LogP contribution in [0.15, 0.2) is 33.5 Å². The van der Waals surface area contributed by atoms with Gasteiger partial charge in [-0.05, 0) is 12.1 Å². The number of nitrogens with one attached hydrogen (secondary N) is 1. The van der Waals surface area contributed by atoms with Crippen LogP contribution in [0.2, 0.25) is 0 Å². The number of aromatic nitrogens is 1. The highest BCUT2D eigenvalue weighted by Gasteiger charge is 2.41. The van der Waals surface area contributed by atoms with Gasteiger partial charge in [0, 0.05) is 25.9 Å². The fraction of sp³-hybridized carbons (Fsp3) is 0.438. The van der Waals surface area contributed by atoms with Crippen molar-refractivity contribution < 1.29 is 27.9 Å². The van der Waals surface area contributed by atoms with Gasteiger partial charge >= 0.3 is 6.01 Å². The maximum Gasteiger partial charge on any atom is 0.302 e. The van der Waals surface area contributed by atoms with Crippen LogP contribution >= 0.6 is 0 Å². The molecule has 1 N–H and O–H groups in total. The van der Waals surface area contributed by atoms with Crippen LogP contribution in [-0.2, 0) is 9.47 Å². The van der Waals surface area contributed by atoms with E-state index in [0.29, 0.717) is 39.1 Å². The van der Waals surface area contributed by atoms with Crippen LogP contribution in [0.5, 0.6) is 0 Å². The molecule has 2 aromatic rings. The summed E-state index contributed by atoms with van der Waals surface area (Å²) in [4.78, 5) is 30.1. The van der Waals surface area contributed by atoms with E-state index >= 15 is 0 Å². The summed E-state index contributed by atoms with van der Waals surface area (Å²) < 4.78 is 21.4. The second-order valence-electron chi connectivity index (χ2n) is 5.87. The van der Waals surface area contributed by atoms with Gasteiger partial charge in [0.25, 0.3) is 11.8 Å². The van der Waals surface area contributed by atoms with Crippen molar-refractivity contribution in [1.82, 2.24) is 9.88 Å². The van der Waals surface area contributed by atoms with Crippen molar-refractivity contribution in [2.45, 2.75) is 18.6 Å². The molecule has 9 nitrogen and oxygen atoms in total. The van der Waals surface area contributed by atoms with Gasteiger partial charge in [-0.15, -0.1) is 0 Å². The first kappa shape index (κ1) is 15.9. The van der Waals surface area contributed by atoms with E-state index in [1.807, 2.05) is 0 Å². The minimum atomic E-state index is -0.539. The number of anilines is 1. The van der Waals surface area contributed by atoms with E-state index in [1.54, 1.807) is 11.0 Å². The van der Waals surface area contributed by atoms with Crippen molar-refractivity contribution in [3.63, 3.8) is 0 Å². The van der Waals surface area contributed by atoms with Crippen molar-refractivity contribution >= 4 is 17.8 Å². The van der Waals surface area contributed by atoms with Crippen LogP contribution in [0.1, 0.15) is 33.9 Å². The molecule has 0 saturated carbocycles. The highest BCUT2D eigenvalue weighted by atomic mass is 16.7. The first-order valence-electron chi connectivity index (χ1n) is 8.03. The molecule has 4 rings (SSSR count). The van der Waals surface area contributed by atoms with Crippen molar-refractivity contribution in [1.29, 1.82) is 0 Å². The molecule has 2 amide bonds. The number of carbonyl (C=O) groups is 2. The zero-order valence-electron chi connectivity index (χ0n) is 13.4. The summed E-state index contributed by atoms with van der Waals surface area (Å²) in [6, 6.07) is 3.06. The predicted molar refractivity (Wildman–Crippen MR) is 82.9 cm³/mol. The van der Waals surface area contributed by atoms with Gasteiger partial charge in [0.2, 0.25) is 0 Å². The maximum absolute atomic E-state index is 12.5. The minimum absolute atomic E-state index is 0.0549. The zero-order valence-corrected chi connectivity index (χ0v) is 13.4. The van der Waals surface area contributed by atoms with Crippen molar-refractivity contribution in [2.24, 2.45) is 0 Å². The minimum Gasteiger partial charge on any atom is -0.459 e. The van der Waals surface area contributed by atoms with Gasteiger partial charge in [0.05, 0.1) is 19.5 Å². The number of rotatable bonds is 3. The van der Waals surface area contributed by atoms with Gasteiger partial charge in [0.1, 0.15) is 6.26 Å². The van der Waals surface area contributed by atoms with Gasteiger partial charge in [0.15, 0.2) is 17.2 Å². The molecule has 132 valence electrons. The predicted octanol–water partition coefficient (Wildman–Crippen LogP) is 1.50. The van der Waals surface area contributed by atoms with Crippen LogP contribution in [0.25, 0.3) is 0 Å². The van der Waals surface area contributed by atoms with Gasteiger partial charge in [-0.2, -0.15) is 4.98 Å². The summed E-state index contributed by atoms with van der Waals surface area (Å²) >= 11 is 0.